The Kier molecular flexibility index (Phi) is 4.35. The molecule has 2 heterocycles. The maximum Gasteiger partial charge on any atom is 0.408 e. The van der Waals surface area contributed by atoms with E-state index in [4.69, 9.17) is 0 Å². The van der Waals surface area contributed by atoms with Crippen LogP contribution in [0.3, 0.4) is 0 Å². The lowest BCUT2D eigenvalue weighted by atomic mass is 9.94. The monoisotopic (exact) mass is 360 g/mol. The average Bonchev–Trinajstić information content (AvgIpc) is 2.89. The molecular formula is C14H15F3N4O2S. The minimum absolute atomic E-state index is 0.00634. The number of fused-ring (bicyclic) bond motifs is 1. The van der Waals surface area contributed by atoms with Crippen LogP contribution in [0.4, 0.5) is 13.2 Å². The van der Waals surface area contributed by atoms with E-state index in [2.05, 4.69) is 14.8 Å². The lowest BCUT2D eigenvalue weighted by molar-refractivity contribution is -0.142. The van der Waals surface area contributed by atoms with Crippen molar-refractivity contribution in [3.63, 3.8) is 0 Å². The number of pyridine rings is 1. The lowest BCUT2D eigenvalue weighted by Gasteiger charge is -2.22. The van der Waals surface area contributed by atoms with E-state index in [9.17, 15) is 21.6 Å². The van der Waals surface area contributed by atoms with E-state index in [0.29, 0.717) is 30.5 Å². The molecule has 0 saturated heterocycles. The first-order chi connectivity index (χ1) is 11.2. The molecule has 1 aliphatic carbocycles. The molecule has 2 aromatic rings. The third-order valence-electron chi connectivity index (χ3n) is 3.72. The highest BCUT2D eigenvalue weighted by Crippen LogP contribution is 2.30. The minimum atomic E-state index is -4.38. The molecule has 0 amide bonds. The third kappa shape index (κ3) is 3.75. The second-order valence-electron chi connectivity index (χ2n) is 5.61. The van der Waals surface area contributed by atoms with Crippen molar-refractivity contribution in [2.75, 3.05) is 0 Å². The van der Waals surface area contributed by atoms with Gasteiger partial charge in [-0.15, -0.1) is 0 Å². The van der Waals surface area contributed by atoms with Crippen molar-refractivity contribution in [1.82, 2.24) is 19.5 Å². The largest absolute Gasteiger partial charge is 0.408 e. The molecule has 1 N–H and O–H groups in total. The normalized spacial score (nSPS) is 18.4. The molecule has 1 aliphatic rings. The number of hydrogen-bond donors (Lipinski definition) is 1. The van der Waals surface area contributed by atoms with Crippen LogP contribution in [0.5, 0.6) is 0 Å². The van der Waals surface area contributed by atoms with Crippen molar-refractivity contribution in [1.29, 1.82) is 0 Å². The first-order valence-electron chi connectivity index (χ1n) is 7.30. The van der Waals surface area contributed by atoms with Crippen LogP contribution in [0, 0.1) is 0 Å². The topological polar surface area (TPSA) is 76.9 Å². The molecule has 0 spiro atoms. The van der Waals surface area contributed by atoms with Gasteiger partial charge in [-0.2, -0.15) is 18.3 Å². The van der Waals surface area contributed by atoms with Crippen LogP contribution in [-0.4, -0.2) is 29.4 Å². The fraction of sp³-hybridized carbons (Fsp3) is 0.429. The van der Waals surface area contributed by atoms with Crippen molar-refractivity contribution in [2.24, 2.45) is 0 Å². The highest BCUT2D eigenvalue weighted by molar-refractivity contribution is 7.89. The van der Waals surface area contributed by atoms with Gasteiger partial charge in [-0.25, -0.2) is 13.1 Å². The maximum atomic E-state index is 12.5. The Morgan fingerprint density at radius 2 is 2.17 bits per heavy atom. The Bertz CT molecular complexity index is 818. The number of hydrogen-bond acceptors (Lipinski definition) is 4. The predicted octanol–water partition coefficient (Wildman–Crippen LogP) is 2.20. The van der Waals surface area contributed by atoms with Gasteiger partial charge in [-0.1, -0.05) is 0 Å². The molecule has 2 aromatic heterocycles. The van der Waals surface area contributed by atoms with Gasteiger partial charge in [-0.05, 0) is 37.0 Å². The number of nitrogens with zero attached hydrogens (tertiary/aromatic N) is 3. The molecule has 3 rings (SSSR count). The van der Waals surface area contributed by atoms with Gasteiger partial charge in [0, 0.05) is 18.6 Å². The Hall–Kier alpha value is -1.94. The van der Waals surface area contributed by atoms with Crippen LogP contribution in [-0.2, 0) is 23.0 Å². The lowest BCUT2D eigenvalue weighted by Crippen LogP contribution is -2.31. The summed E-state index contributed by atoms with van der Waals surface area (Å²) in [5.41, 5.74) is 1.00. The van der Waals surface area contributed by atoms with Crippen LogP contribution in [0.15, 0.2) is 35.6 Å². The smallest absolute Gasteiger partial charge is 0.263 e. The second kappa shape index (κ2) is 6.17. The van der Waals surface area contributed by atoms with E-state index in [1.165, 1.54) is 30.7 Å². The molecule has 6 nitrogen and oxygen atoms in total. The Morgan fingerprint density at radius 3 is 2.83 bits per heavy atom. The van der Waals surface area contributed by atoms with E-state index in [1.807, 2.05) is 0 Å². The van der Waals surface area contributed by atoms with Crippen molar-refractivity contribution in [2.45, 2.75) is 42.9 Å². The Balaban J connectivity index is 1.85. The fourth-order valence-electron chi connectivity index (χ4n) is 2.74. The van der Waals surface area contributed by atoms with Gasteiger partial charge in [0.25, 0.3) is 0 Å². The minimum Gasteiger partial charge on any atom is -0.263 e. The summed E-state index contributed by atoms with van der Waals surface area (Å²) in [5.74, 6) is 0. The van der Waals surface area contributed by atoms with E-state index >= 15 is 0 Å². The van der Waals surface area contributed by atoms with Gasteiger partial charge in [0.15, 0.2) is 0 Å². The van der Waals surface area contributed by atoms with Crippen molar-refractivity contribution in [3.8, 4) is 0 Å². The molecule has 0 aromatic carbocycles. The molecule has 130 valence electrons. The quantitative estimate of drug-likeness (QED) is 0.907. The first-order valence-corrected chi connectivity index (χ1v) is 8.78. The summed E-state index contributed by atoms with van der Waals surface area (Å²) in [5, 5.41) is 3.95. The summed E-state index contributed by atoms with van der Waals surface area (Å²) in [4.78, 5) is 3.78. The maximum absolute atomic E-state index is 12.5. The van der Waals surface area contributed by atoms with Crippen LogP contribution < -0.4 is 4.72 Å². The highest BCUT2D eigenvalue weighted by Gasteiger charge is 2.32. The standard InChI is InChI=1S/C14H15F3N4O2S/c15-14(16,17)9-21-8-10-3-1-5-12(13(10)19-21)20-24(22,23)11-4-2-6-18-7-11/h2,4,6-8,12,20H,1,3,5,9H2/t12-/m0/s1. The SMILES string of the molecule is O=S(=O)(N[C@H]1CCCc2cn(CC(F)(F)F)nc21)c1cccnc1. The number of nitrogens with one attached hydrogen (secondary N) is 1. The summed E-state index contributed by atoms with van der Waals surface area (Å²) in [6, 6.07) is 2.26. The number of aromatic nitrogens is 3. The zero-order valence-corrected chi connectivity index (χ0v) is 13.3. The van der Waals surface area contributed by atoms with Crippen molar-refractivity contribution in [3.05, 3.63) is 42.0 Å². The number of alkyl halides is 3. The number of halogens is 3. The van der Waals surface area contributed by atoms with Crippen LogP contribution in [0.2, 0.25) is 0 Å². The predicted molar refractivity (Wildman–Crippen MR) is 78.5 cm³/mol. The van der Waals surface area contributed by atoms with Crippen LogP contribution in [0.1, 0.15) is 30.1 Å². The second-order valence-corrected chi connectivity index (χ2v) is 7.32. The molecule has 0 saturated carbocycles. The molecule has 24 heavy (non-hydrogen) atoms. The zero-order chi connectivity index (χ0) is 17.4. The molecule has 0 unspecified atom stereocenters. The summed E-state index contributed by atoms with van der Waals surface area (Å²) in [6.07, 6.45) is 1.37. The van der Waals surface area contributed by atoms with Gasteiger partial charge in [-0.3, -0.25) is 9.67 Å². The molecule has 0 aliphatic heterocycles. The number of rotatable bonds is 4. The molecule has 0 fully saturated rings. The summed E-state index contributed by atoms with van der Waals surface area (Å²) >= 11 is 0. The van der Waals surface area contributed by atoms with E-state index in [-0.39, 0.29) is 4.90 Å². The zero-order valence-electron chi connectivity index (χ0n) is 12.5. The molecule has 0 radical (unpaired) electrons. The molecular weight excluding hydrogens is 345 g/mol. The summed E-state index contributed by atoms with van der Waals surface area (Å²) in [7, 11) is -3.81. The Morgan fingerprint density at radius 1 is 1.38 bits per heavy atom. The van der Waals surface area contributed by atoms with Crippen LogP contribution in [0.25, 0.3) is 0 Å². The summed E-state index contributed by atoms with van der Waals surface area (Å²) in [6.45, 7) is -1.19. The van der Waals surface area contributed by atoms with Crippen molar-refractivity contribution < 1.29 is 21.6 Å². The molecule has 1 atom stereocenters. The van der Waals surface area contributed by atoms with E-state index < -0.39 is 28.8 Å². The number of aryl methyl sites for hydroxylation is 1. The molecule has 10 heteroatoms. The van der Waals surface area contributed by atoms with Crippen LogP contribution >= 0.6 is 0 Å². The average molecular weight is 360 g/mol. The van der Waals surface area contributed by atoms with Gasteiger partial charge < -0.3 is 0 Å². The molecule has 0 bridgehead atoms. The van der Waals surface area contributed by atoms with Gasteiger partial charge in [0.05, 0.1) is 11.7 Å². The first kappa shape index (κ1) is 16.9. The van der Waals surface area contributed by atoms with E-state index in [0.717, 1.165) is 4.68 Å². The van der Waals surface area contributed by atoms with E-state index in [1.54, 1.807) is 0 Å². The summed E-state index contributed by atoms with van der Waals surface area (Å²) < 4.78 is 65.6. The van der Waals surface area contributed by atoms with Gasteiger partial charge in [0.1, 0.15) is 11.4 Å². The Labute approximate surface area is 136 Å². The number of sulfonamides is 1. The highest BCUT2D eigenvalue weighted by atomic mass is 32.2. The fourth-order valence-corrected chi connectivity index (χ4v) is 3.94. The third-order valence-corrected chi connectivity index (χ3v) is 5.18. The van der Waals surface area contributed by atoms with Gasteiger partial charge in [0.2, 0.25) is 10.0 Å². The van der Waals surface area contributed by atoms with Crippen molar-refractivity contribution >= 4 is 10.0 Å². The van der Waals surface area contributed by atoms with Gasteiger partial charge >= 0.3 is 6.18 Å².